The molecule has 1 unspecified atom stereocenters. The van der Waals surface area contributed by atoms with Crippen molar-refractivity contribution in [2.75, 3.05) is 13.2 Å². The van der Waals surface area contributed by atoms with Gasteiger partial charge < -0.3 is 10.1 Å². The Bertz CT molecular complexity index is 246. The van der Waals surface area contributed by atoms with Gasteiger partial charge in [-0.15, -0.1) is 0 Å². The van der Waals surface area contributed by atoms with E-state index in [0.29, 0.717) is 12.0 Å². The summed E-state index contributed by atoms with van der Waals surface area (Å²) in [5.41, 5.74) is 0.476. The van der Waals surface area contributed by atoms with Crippen LogP contribution in [0.1, 0.15) is 25.7 Å². The van der Waals surface area contributed by atoms with Gasteiger partial charge in [-0.05, 0) is 30.8 Å². The van der Waals surface area contributed by atoms with Gasteiger partial charge in [0, 0.05) is 6.54 Å². The van der Waals surface area contributed by atoms with Crippen molar-refractivity contribution in [1.82, 2.24) is 5.32 Å². The van der Waals surface area contributed by atoms with Crippen LogP contribution in [0.2, 0.25) is 0 Å². The molecule has 1 N–H and O–H groups in total. The van der Waals surface area contributed by atoms with E-state index < -0.39 is 0 Å². The van der Waals surface area contributed by atoms with Crippen molar-refractivity contribution in [2.24, 2.45) is 5.41 Å². The summed E-state index contributed by atoms with van der Waals surface area (Å²) < 4.78 is 5.66. The van der Waals surface area contributed by atoms with E-state index in [1.807, 2.05) is 0 Å². The fourth-order valence-corrected chi connectivity index (χ4v) is 2.34. The van der Waals surface area contributed by atoms with Crippen LogP contribution in [-0.2, 0) is 9.53 Å². The van der Waals surface area contributed by atoms with Gasteiger partial charge >= 0.3 is 0 Å². The molecular weight excluding hydrogens is 178 g/mol. The third-order valence-electron chi connectivity index (χ3n) is 3.39. The predicted molar refractivity (Wildman–Crippen MR) is 53.8 cm³/mol. The van der Waals surface area contributed by atoms with E-state index in [0.717, 1.165) is 13.0 Å². The van der Waals surface area contributed by atoms with Gasteiger partial charge in [0.2, 0.25) is 5.91 Å². The molecule has 1 aliphatic heterocycles. The lowest BCUT2D eigenvalue weighted by Crippen LogP contribution is -2.33. The predicted octanol–water partition coefficient (Wildman–Crippen LogP) is 1.25. The van der Waals surface area contributed by atoms with Gasteiger partial charge in [0.05, 0.1) is 12.7 Å². The van der Waals surface area contributed by atoms with E-state index in [4.69, 9.17) is 4.74 Å². The van der Waals surface area contributed by atoms with E-state index in [9.17, 15) is 4.79 Å². The van der Waals surface area contributed by atoms with Crippen LogP contribution in [0.15, 0.2) is 12.7 Å². The minimum atomic E-state index is -0.108. The minimum absolute atomic E-state index is 0.108. The highest BCUT2D eigenvalue weighted by molar-refractivity contribution is 5.86. The number of hydrogen-bond donors (Lipinski definition) is 1. The van der Waals surface area contributed by atoms with E-state index >= 15 is 0 Å². The molecule has 1 saturated heterocycles. The van der Waals surface area contributed by atoms with Gasteiger partial charge in [-0.25, -0.2) is 0 Å². The molecule has 2 rings (SSSR count). The summed E-state index contributed by atoms with van der Waals surface area (Å²) in [4.78, 5) is 10.9. The zero-order chi connectivity index (χ0) is 10.0. The third kappa shape index (κ3) is 1.82. The van der Waals surface area contributed by atoms with Crippen LogP contribution in [0.4, 0.5) is 0 Å². The Morgan fingerprint density at radius 2 is 2.43 bits per heavy atom. The van der Waals surface area contributed by atoms with Crippen LogP contribution < -0.4 is 5.32 Å². The summed E-state index contributed by atoms with van der Waals surface area (Å²) >= 11 is 0. The molecule has 78 valence electrons. The summed E-state index contributed by atoms with van der Waals surface area (Å²) in [6.07, 6.45) is 6.59. The molecular formula is C11H17NO2. The van der Waals surface area contributed by atoms with Gasteiger partial charge in [-0.1, -0.05) is 13.0 Å². The molecule has 1 amide bonds. The molecule has 1 aliphatic carbocycles. The molecule has 0 aromatic rings. The number of ether oxygens (including phenoxy) is 1. The molecule has 1 heterocycles. The highest BCUT2D eigenvalue weighted by Crippen LogP contribution is 2.48. The first kappa shape index (κ1) is 9.71. The van der Waals surface area contributed by atoms with Crippen molar-refractivity contribution in [3.8, 4) is 0 Å². The van der Waals surface area contributed by atoms with Crippen molar-refractivity contribution >= 4 is 5.91 Å². The fourth-order valence-electron chi connectivity index (χ4n) is 2.34. The lowest BCUT2D eigenvalue weighted by molar-refractivity contribution is -0.116. The van der Waals surface area contributed by atoms with E-state index in [1.54, 1.807) is 0 Å². The standard InChI is InChI=1S/C11H17NO2/c1-2-10(13)12-7-9-6-11(8-14-9)4-3-5-11/h2,9H,1,3-8H2,(H,12,13). The second-order valence-electron chi connectivity index (χ2n) is 4.44. The van der Waals surface area contributed by atoms with Gasteiger partial charge in [-0.2, -0.15) is 0 Å². The number of nitrogens with one attached hydrogen (secondary N) is 1. The summed E-state index contributed by atoms with van der Waals surface area (Å²) in [6.45, 7) is 4.93. The molecule has 2 fully saturated rings. The Kier molecular flexibility index (Phi) is 2.59. The molecule has 0 aromatic carbocycles. The summed E-state index contributed by atoms with van der Waals surface area (Å²) in [6, 6.07) is 0. The average molecular weight is 195 g/mol. The van der Waals surface area contributed by atoms with Crippen molar-refractivity contribution < 1.29 is 9.53 Å². The first-order chi connectivity index (χ1) is 6.74. The molecule has 2 aliphatic rings. The number of hydrogen-bond acceptors (Lipinski definition) is 2. The van der Waals surface area contributed by atoms with Crippen LogP contribution in [0.3, 0.4) is 0 Å². The van der Waals surface area contributed by atoms with Crippen LogP contribution in [-0.4, -0.2) is 25.2 Å². The monoisotopic (exact) mass is 195 g/mol. The highest BCUT2D eigenvalue weighted by Gasteiger charge is 2.44. The highest BCUT2D eigenvalue weighted by atomic mass is 16.5. The Balaban J connectivity index is 1.73. The lowest BCUT2D eigenvalue weighted by atomic mass is 9.68. The zero-order valence-electron chi connectivity index (χ0n) is 8.42. The molecule has 14 heavy (non-hydrogen) atoms. The normalized spacial score (nSPS) is 28.4. The van der Waals surface area contributed by atoms with E-state index in [1.165, 1.54) is 25.3 Å². The summed E-state index contributed by atoms with van der Waals surface area (Å²) in [5.74, 6) is -0.108. The first-order valence-corrected chi connectivity index (χ1v) is 5.26. The smallest absolute Gasteiger partial charge is 0.243 e. The first-order valence-electron chi connectivity index (χ1n) is 5.26. The minimum Gasteiger partial charge on any atom is -0.376 e. The molecule has 1 atom stereocenters. The van der Waals surface area contributed by atoms with Gasteiger partial charge in [-0.3, -0.25) is 4.79 Å². The average Bonchev–Trinajstić information content (AvgIpc) is 2.58. The maximum atomic E-state index is 10.9. The number of carbonyl (C=O) groups excluding carboxylic acids is 1. The zero-order valence-corrected chi connectivity index (χ0v) is 8.42. The topological polar surface area (TPSA) is 38.3 Å². The Morgan fingerprint density at radius 3 is 2.93 bits per heavy atom. The molecule has 0 bridgehead atoms. The van der Waals surface area contributed by atoms with Crippen molar-refractivity contribution in [3.63, 3.8) is 0 Å². The van der Waals surface area contributed by atoms with Gasteiger partial charge in [0.15, 0.2) is 0 Å². The van der Waals surface area contributed by atoms with Crippen LogP contribution in [0, 0.1) is 5.41 Å². The number of carbonyl (C=O) groups is 1. The second kappa shape index (κ2) is 3.73. The summed E-state index contributed by atoms with van der Waals surface area (Å²) in [7, 11) is 0. The molecule has 0 radical (unpaired) electrons. The Labute approximate surface area is 84.5 Å². The molecule has 3 heteroatoms. The number of rotatable bonds is 3. The van der Waals surface area contributed by atoms with Gasteiger partial charge in [0.25, 0.3) is 0 Å². The lowest BCUT2D eigenvalue weighted by Gasteiger charge is -2.36. The van der Waals surface area contributed by atoms with Crippen LogP contribution >= 0.6 is 0 Å². The third-order valence-corrected chi connectivity index (χ3v) is 3.39. The Morgan fingerprint density at radius 1 is 1.64 bits per heavy atom. The Hall–Kier alpha value is -0.830. The van der Waals surface area contributed by atoms with Crippen LogP contribution in [0.5, 0.6) is 0 Å². The quantitative estimate of drug-likeness (QED) is 0.688. The molecule has 1 saturated carbocycles. The number of amides is 1. The van der Waals surface area contributed by atoms with E-state index in [2.05, 4.69) is 11.9 Å². The van der Waals surface area contributed by atoms with E-state index in [-0.39, 0.29) is 12.0 Å². The van der Waals surface area contributed by atoms with Gasteiger partial charge in [0.1, 0.15) is 0 Å². The maximum Gasteiger partial charge on any atom is 0.243 e. The molecule has 0 aromatic heterocycles. The summed E-state index contributed by atoms with van der Waals surface area (Å²) in [5, 5.41) is 2.78. The molecule has 3 nitrogen and oxygen atoms in total. The fraction of sp³-hybridized carbons (Fsp3) is 0.727. The van der Waals surface area contributed by atoms with Crippen LogP contribution in [0.25, 0.3) is 0 Å². The molecule has 1 spiro atoms. The second-order valence-corrected chi connectivity index (χ2v) is 4.44. The maximum absolute atomic E-state index is 10.9. The van der Waals surface area contributed by atoms with Crippen molar-refractivity contribution in [1.29, 1.82) is 0 Å². The van der Waals surface area contributed by atoms with Crippen molar-refractivity contribution in [2.45, 2.75) is 31.8 Å². The SMILES string of the molecule is C=CC(=O)NCC1CC2(CCC2)CO1. The largest absolute Gasteiger partial charge is 0.376 e. The van der Waals surface area contributed by atoms with Crippen molar-refractivity contribution in [3.05, 3.63) is 12.7 Å².